The van der Waals surface area contributed by atoms with E-state index in [1.54, 1.807) is 13.0 Å². The molecule has 0 spiro atoms. The minimum Gasteiger partial charge on any atom is -0.325 e. The maximum Gasteiger partial charge on any atom is 0.267 e. The second kappa shape index (κ2) is 3.46. The zero-order valence-electron chi connectivity index (χ0n) is 6.84. The summed E-state index contributed by atoms with van der Waals surface area (Å²) in [6.07, 6.45) is 1.84. The van der Waals surface area contributed by atoms with Crippen molar-refractivity contribution in [2.24, 2.45) is 0 Å². The molecule has 0 saturated carbocycles. The standard InChI is InChI=1S/C8H8N2OS/c1-5-3-7(12-2)6(4-9)8(11)10-5/h3H,1-2H3,(H,10,11). The summed E-state index contributed by atoms with van der Waals surface area (Å²) in [5.41, 5.74) is 0.679. The van der Waals surface area contributed by atoms with Gasteiger partial charge in [0.15, 0.2) is 0 Å². The number of hydrogen-bond donors (Lipinski definition) is 1. The summed E-state index contributed by atoms with van der Waals surface area (Å²) in [6.45, 7) is 1.79. The van der Waals surface area contributed by atoms with Crippen molar-refractivity contribution in [2.75, 3.05) is 6.26 Å². The second-order valence-corrected chi connectivity index (χ2v) is 3.18. The summed E-state index contributed by atoms with van der Waals surface area (Å²) in [5.74, 6) is 0. The van der Waals surface area contributed by atoms with Crippen molar-refractivity contribution in [3.8, 4) is 6.07 Å². The molecule has 0 radical (unpaired) electrons. The molecule has 1 heterocycles. The minimum atomic E-state index is -0.304. The molecule has 0 saturated heterocycles. The summed E-state index contributed by atoms with van der Waals surface area (Å²) in [4.78, 5) is 14.5. The lowest BCUT2D eigenvalue weighted by molar-refractivity contribution is 1.08. The van der Waals surface area contributed by atoms with Gasteiger partial charge in [-0.25, -0.2) is 0 Å². The van der Waals surface area contributed by atoms with Crippen LogP contribution in [0.3, 0.4) is 0 Å². The lowest BCUT2D eigenvalue weighted by Gasteiger charge is -1.99. The first-order valence-corrected chi connectivity index (χ1v) is 4.59. The van der Waals surface area contributed by atoms with E-state index in [-0.39, 0.29) is 11.1 Å². The van der Waals surface area contributed by atoms with E-state index in [9.17, 15) is 4.79 Å². The lowest BCUT2D eigenvalue weighted by atomic mass is 10.3. The van der Waals surface area contributed by atoms with Crippen molar-refractivity contribution in [1.82, 2.24) is 4.98 Å². The van der Waals surface area contributed by atoms with Gasteiger partial charge in [0.2, 0.25) is 0 Å². The highest BCUT2D eigenvalue weighted by Crippen LogP contribution is 2.16. The van der Waals surface area contributed by atoms with E-state index in [0.29, 0.717) is 0 Å². The smallest absolute Gasteiger partial charge is 0.267 e. The second-order valence-electron chi connectivity index (χ2n) is 2.34. The van der Waals surface area contributed by atoms with Crippen molar-refractivity contribution in [3.63, 3.8) is 0 Å². The van der Waals surface area contributed by atoms with Crippen LogP contribution in [0.25, 0.3) is 0 Å². The minimum absolute atomic E-state index is 0.202. The van der Waals surface area contributed by atoms with Crippen LogP contribution in [0, 0.1) is 18.3 Å². The number of aromatic amines is 1. The molecule has 1 N–H and O–H groups in total. The molecule has 0 unspecified atom stereocenters. The molecule has 62 valence electrons. The Bertz CT molecular complexity index is 389. The number of aryl methyl sites for hydroxylation is 1. The zero-order chi connectivity index (χ0) is 9.14. The third kappa shape index (κ3) is 1.51. The molecule has 0 amide bonds. The predicted octanol–water partition coefficient (Wildman–Crippen LogP) is 1.28. The van der Waals surface area contributed by atoms with Crippen molar-refractivity contribution in [3.05, 3.63) is 27.7 Å². The van der Waals surface area contributed by atoms with Crippen LogP contribution >= 0.6 is 11.8 Å². The molecule has 0 aliphatic heterocycles. The Labute approximate surface area is 74.4 Å². The van der Waals surface area contributed by atoms with Gasteiger partial charge in [-0.05, 0) is 19.2 Å². The van der Waals surface area contributed by atoms with Crippen LogP contribution < -0.4 is 5.56 Å². The molecule has 0 aliphatic carbocycles. The van der Waals surface area contributed by atoms with Crippen LogP contribution in [0.2, 0.25) is 0 Å². The topological polar surface area (TPSA) is 56.6 Å². The monoisotopic (exact) mass is 180 g/mol. The van der Waals surface area contributed by atoms with Crippen LogP contribution in [0.1, 0.15) is 11.3 Å². The van der Waals surface area contributed by atoms with E-state index in [1.807, 2.05) is 12.3 Å². The van der Waals surface area contributed by atoms with Crippen LogP contribution in [-0.4, -0.2) is 11.2 Å². The Balaban J connectivity index is 3.47. The van der Waals surface area contributed by atoms with Gasteiger partial charge in [-0.1, -0.05) is 0 Å². The van der Waals surface area contributed by atoms with Gasteiger partial charge in [-0.2, -0.15) is 5.26 Å². The van der Waals surface area contributed by atoms with Gasteiger partial charge in [0.1, 0.15) is 11.6 Å². The van der Waals surface area contributed by atoms with E-state index < -0.39 is 0 Å². The Morgan fingerprint density at radius 2 is 2.33 bits per heavy atom. The summed E-state index contributed by atoms with van der Waals surface area (Å²) >= 11 is 1.41. The van der Waals surface area contributed by atoms with Gasteiger partial charge in [0.05, 0.1) is 0 Å². The quantitative estimate of drug-likeness (QED) is 0.662. The van der Waals surface area contributed by atoms with Gasteiger partial charge in [-0.3, -0.25) is 4.79 Å². The van der Waals surface area contributed by atoms with Crippen LogP contribution in [0.5, 0.6) is 0 Å². The molecule has 1 aromatic heterocycles. The first-order valence-electron chi connectivity index (χ1n) is 3.37. The summed E-state index contributed by atoms with van der Waals surface area (Å²) < 4.78 is 0. The molecular formula is C8H8N2OS. The van der Waals surface area contributed by atoms with Gasteiger partial charge < -0.3 is 4.98 Å². The lowest BCUT2D eigenvalue weighted by Crippen LogP contribution is -2.12. The third-order valence-electron chi connectivity index (χ3n) is 1.46. The fourth-order valence-electron chi connectivity index (χ4n) is 0.925. The molecular weight excluding hydrogens is 172 g/mol. The number of pyridine rings is 1. The molecule has 3 nitrogen and oxygen atoms in total. The Morgan fingerprint density at radius 3 is 2.83 bits per heavy atom. The highest BCUT2D eigenvalue weighted by Gasteiger charge is 2.05. The molecule has 0 aromatic carbocycles. The Kier molecular flexibility index (Phi) is 2.56. The molecule has 12 heavy (non-hydrogen) atoms. The fraction of sp³-hybridized carbons (Fsp3) is 0.250. The van der Waals surface area contributed by atoms with Gasteiger partial charge in [0.25, 0.3) is 5.56 Å². The van der Waals surface area contributed by atoms with E-state index in [1.165, 1.54) is 11.8 Å². The number of nitrogens with zero attached hydrogens (tertiary/aromatic N) is 1. The molecule has 4 heteroatoms. The fourth-order valence-corrected chi connectivity index (χ4v) is 1.56. The SMILES string of the molecule is CSc1cc(C)[nH]c(=O)c1C#N. The summed E-state index contributed by atoms with van der Waals surface area (Å²) in [6, 6.07) is 3.67. The van der Waals surface area contributed by atoms with Crippen LogP contribution in [0.15, 0.2) is 15.8 Å². The van der Waals surface area contributed by atoms with Crippen molar-refractivity contribution < 1.29 is 0 Å². The van der Waals surface area contributed by atoms with E-state index in [0.717, 1.165) is 10.6 Å². The highest BCUT2D eigenvalue weighted by molar-refractivity contribution is 7.98. The predicted molar refractivity (Wildman–Crippen MR) is 48.3 cm³/mol. The number of thioether (sulfide) groups is 1. The number of rotatable bonds is 1. The third-order valence-corrected chi connectivity index (χ3v) is 2.23. The summed E-state index contributed by atoms with van der Waals surface area (Å²) in [5, 5.41) is 8.64. The number of nitrogens with one attached hydrogen (secondary N) is 1. The Hall–Kier alpha value is -1.21. The largest absolute Gasteiger partial charge is 0.325 e. The van der Waals surface area contributed by atoms with Crippen LogP contribution in [0.4, 0.5) is 0 Å². The maximum absolute atomic E-state index is 11.2. The number of hydrogen-bond acceptors (Lipinski definition) is 3. The molecule has 1 rings (SSSR count). The molecule has 1 aromatic rings. The number of H-pyrrole nitrogens is 1. The van der Waals surface area contributed by atoms with E-state index in [2.05, 4.69) is 4.98 Å². The molecule has 0 fully saturated rings. The van der Waals surface area contributed by atoms with Gasteiger partial charge >= 0.3 is 0 Å². The zero-order valence-corrected chi connectivity index (χ0v) is 7.66. The molecule has 0 aliphatic rings. The summed E-state index contributed by atoms with van der Waals surface area (Å²) in [7, 11) is 0. The van der Waals surface area contributed by atoms with Crippen molar-refractivity contribution in [1.29, 1.82) is 5.26 Å². The first kappa shape index (κ1) is 8.88. The van der Waals surface area contributed by atoms with Gasteiger partial charge in [-0.15, -0.1) is 11.8 Å². The first-order chi connectivity index (χ1) is 5.69. The average Bonchev–Trinajstić information content (AvgIpc) is 2.03. The molecule has 0 bridgehead atoms. The Morgan fingerprint density at radius 1 is 1.67 bits per heavy atom. The number of aromatic nitrogens is 1. The van der Waals surface area contributed by atoms with Crippen molar-refractivity contribution in [2.45, 2.75) is 11.8 Å². The highest BCUT2D eigenvalue weighted by atomic mass is 32.2. The molecule has 0 atom stereocenters. The van der Waals surface area contributed by atoms with Gasteiger partial charge in [0, 0.05) is 10.6 Å². The van der Waals surface area contributed by atoms with E-state index in [4.69, 9.17) is 5.26 Å². The van der Waals surface area contributed by atoms with E-state index >= 15 is 0 Å². The average molecular weight is 180 g/mol. The van der Waals surface area contributed by atoms with Crippen molar-refractivity contribution >= 4 is 11.8 Å². The number of nitriles is 1. The van der Waals surface area contributed by atoms with Crippen LogP contribution in [-0.2, 0) is 0 Å². The normalized spacial score (nSPS) is 9.42. The maximum atomic E-state index is 11.2.